The largest absolute Gasteiger partial charge is 0.494 e. The Morgan fingerprint density at radius 3 is 2.39 bits per heavy atom. The number of carbonyl (C=O) groups excluding carboxylic acids is 1. The summed E-state index contributed by atoms with van der Waals surface area (Å²) in [5.74, 6) is -0.0858. The molecule has 0 saturated carbocycles. The molecule has 1 amide bonds. The number of azo groups is 1. The van der Waals surface area contributed by atoms with E-state index in [9.17, 15) is 4.79 Å². The van der Waals surface area contributed by atoms with Gasteiger partial charge < -0.3 is 10.1 Å². The number of hydrogen-bond donors (Lipinski definition) is 1. The maximum Gasteiger partial charge on any atom is 0.274 e. The minimum Gasteiger partial charge on any atom is -0.494 e. The molecule has 2 heterocycles. The van der Waals surface area contributed by atoms with Crippen molar-refractivity contribution in [3.05, 3.63) is 69.7 Å². The van der Waals surface area contributed by atoms with Crippen LogP contribution < -0.4 is 10.1 Å². The number of methoxy groups -OCH3 is 1. The number of nitrogens with one attached hydrogen (secondary N) is 1. The van der Waals surface area contributed by atoms with Crippen LogP contribution in [-0.2, 0) is 0 Å². The van der Waals surface area contributed by atoms with Gasteiger partial charge in [0, 0.05) is 30.3 Å². The number of hydrogen-bond acceptors (Lipinski definition) is 6. The van der Waals surface area contributed by atoms with Crippen LogP contribution in [0.15, 0.2) is 59.2 Å². The maximum absolute atomic E-state index is 12.3. The van der Waals surface area contributed by atoms with Crippen LogP contribution in [0.2, 0.25) is 15.1 Å². The fourth-order valence-electron chi connectivity index (χ4n) is 2.19. The van der Waals surface area contributed by atoms with E-state index in [1.165, 1.54) is 31.8 Å². The number of halogens is 3. The molecule has 0 fully saturated rings. The van der Waals surface area contributed by atoms with Gasteiger partial charge in [0.1, 0.15) is 22.8 Å². The first-order chi connectivity index (χ1) is 13.5. The van der Waals surface area contributed by atoms with Crippen LogP contribution >= 0.6 is 34.8 Å². The Hall–Kier alpha value is -2.74. The van der Waals surface area contributed by atoms with Gasteiger partial charge in [-0.25, -0.2) is 0 Å². The highest BCUT2D eigenvalue weighted by Crippen LogP contribution is 2.40. The third kappa shape index (κ3) is 4.56. The van der Waals surface area contributed by atoms with Gasteiger partial charge in [0.15, 0.2) is 0 Å². The third-order valence-electron chi connectivity index (χ3n) is 3.48. The molecule has 0 spiro atoms. The maximum atomic E-state index is 12.3. The SMILES string of the molecule is COc1cc(NC(=O)c2ccccn2)cc(Cl)c1/N=N\c1c(Cl)cncc1Cl. The second-order valence-electron chi connectivity index (χ2n) is 5.33. The van der Waals surface area contributed by atoms with Crippen molar-refractivity contribution >= 4 is 57.8 Å². The molecule has 3 rings (SSSR count). The molecule has 10 heteroatoms. The lowest BCUT2D eigenvalue weighted by atomic mass is 10.2. The summed E-state index contributed by atoms with van der Waals surface area (Å²) in [6, 6.07) is 8.12. The number of pyridine rings is 2. The average Bonchev–Trinajstić information content (AvgIpc) is 2.69. The van der Waals surface area contributed by atoms with E-state index in [1.54, 1.807) is 24.3 Å². The number of aromatic nitrogens is 2. The van der Waals surface area contributed by atoms with Gasteiger partial charge >= 0.3 is 0 Å². The average molecular weight is 437 g/mol. The summed E-state index contributed by atoms with van der Waals surface area (Å²) < 4.78 is 5.32. The van der Waals surface area contributed by atoms with Crippen LogP contribution in [0.1, 0.15) is 10.5 Å². The van der Waals surface area contributed by atoms with Gasteiger partial charge in [0.2, 0.25) is 0 Å². The topological polar surface area (TPSA) is 88.8 Å². The number of amides is 1. The molecule has 142 valence electrons. The first kappa shape index (κ1) is 20.0. The number of benzene rings is 1. The fraction of sp³-hybridized carbons (Fsp3) is 0.0556. The zero-order chi connectivity index (χ0) is 20.1. The molecule has 0 saturated heterocycles. The Balaban J connectivity index is 1.90. The van der Waals surface area contributed by atoms with E-state index < -0.39 is 0 Å². The second kappa shape index (κ2) is 8.97. The number of rotatable bonds is 5. The summed E-state index contributed by atoms with van der Waals surface area (Å²) in [5, 5.41) is 11.5. The van der Waals surface area contributed by atoms with Crippen LogP contribution in [0.3, 0.4) is 0 Å². The number of anilines is 1. The van der Waals surface area contributed by atoms with Gasteiger partial charge in [-0.15, -0.1) is 10.2 Å². The van der Waals surface area contributed by atoms with Crippen molar-refractivity contribution in [2.45, 2.75) is 0 Å². The van der Waals surface area contributed by atoms with E-state index in [0.717, 1.165) is 0 Å². The zero-order valence-electron chi connectivity index (χ0n) is 14.4. The molecule has 0 radical (unpaired) electrons. The molecule has 0 aliphatic heterocycles. The van der Waals surface area contributed by atoms with E-state index in [1.807, 2.05) is 0 Å². The number of ether oxygens (including phenoxy) is 1. The van der Waals surface area contributed by atoms with Crippen molar-refractivity contribution in [3.63, 3.8) is 0 Å². The highest BCUT2D eigenvalue weighted by Gasteiger charge is 2.14. The minimum absolute atomic E-state index is 0.209. The van der Waals surface area contributed by atoms with Crippen molar-refractivity contribution in [3.8, 4) is 5.75 Å². The lowest BCUT2D eigenvalue weighted by Gasteiger charge is -2.10. The summed E-state index contributed by atoms with van der Waals surface area (Å²) in [6.45, 7) is 0. The molecular weight excluding hydrogens is 425 g/mol. The first-order valence-corrected chi connectivity index (χ1v) is 8.93. The van der Waals surface area contributed by atoms with E-state index in [0.29, 0.717) is 11.4 Å². The van der Waals surface area contributed by atoms with Crippen LogP contribution in [0, 0.1) is 0 Å². The lowest BCUT2D eigenvalue weighted by Crippen LogP contribution is -2.13. The monoisotopic (exact) mass is 435 g/mol. The molecule has 1 aromatic carbocycles. The smallest absolute Gasteiger partial charge is 0.274 e. The van der Waals surface area contributed by atoms with Gasteiger partial charge in [-0.2, -0.15) is 0 Å². The summed E-state index contributed by atoms with van der Waals surface area (Å²) in [6.07, 6.45) is 4.33. The quantitative estimate of drug-likeness (QED) is 0.488. The third-order valence-corrected chi connectivity index (χ3v) is 4.32. The first-order valence-electron chi connectivity index (χ1n) is 7.80. The van der Waals surface area contributed by atoms with Crippen LogP contribution in [0.4, 0.5) is 17.1 Å². The Kier molecular flexibility index (Phi) is 6.41. The summed E-state index contributed by atoms with van der Waals surface area (Å²) in [5.41, 5.74) is 1.19. The highest BCUT2D eigenvalue weighted by atomic mass is 35.5. The van der Waals surface area contributed by atoms with Gasteiger partial charge in [0.05, 0.1) is 22.2 Å². The summed E-state index contributed by atoms with van der Waals surface area (Å²) >= 11 is 18.4. The highest BCUT2D eigenvalue weighted by molar-refractivity contribution is 6.38. The summed E-state index contributed by atoms with van der Waals surface area (Å²) in [7, 11) is 1.45. The zero-order valence-corrected chi connectivity index (χ0v) is 16.6. The van der Waals surface area contributed by atoms with Gasteiger partial charge in [0.25, 0.3) is 5.91 Å². The van der Waals surface area contributed by atoms with Crippen LogP contribution in [0.5, 0.6) is 5.75 Å². The van der Waals surface area contributed by atoms with Crippen LogP contribution in [0.25, 0.3) is 0 Å². The molecule has 0 unspecified atom stereocenters. The van der Waals surface area contributed by atoms with Crippen molar-refractivity contribution in [1.82, 2.24) is 9.97 Å². The van der Waals surface area contributed by atoms with E-state index in [2.05, 4.69) is 25.5 Å². The Bertz CT molecular complexity index is 1020. The molecule has 0 atom stereocenters. The predicted molar refractivity (Wildman–Crippen MR) is 109 cm³/mol. The van der Waals surface area contributed by atoms with Gasteiger partial charge in [-0.05, 0) is 18.2 Å². The van der Waals surface area contributed by atoms with E-state index >= 15 is 0 Å². The van der Waals surface area contributed by atoms with E-state index in [-0.39, 0.29) is 38.0 Å². The normalized spacial score (nSPS) is 10.9. The lowest BCUT2D eigenvalue weighted by molar-refractivity contribution is 0.102. The van der Waals surface area contributed by atoms with Crippen LogP contribution in [-0.4, -0.2) is 23.0 Å². The van der Waals surface area contributed by atoms with Crippen molar-refractivity contribution in [1.29, 1.82) is 0 Å². The Morgan fingerprint density at radius 2 is 1.75 bits per heavy atom. The van der Waals surface area contributed by atoms with Gasteiger partial charge in [-0.1, -0.05) is 40.9 Å². The molecule has 2 aromatic heterocycles. The Morgan fingerprint density at radius 1 is 1.04 bits per heavy atom. The van der Waals surface area contributed by atoms with E-state index in [4.69, 9.17) is 39.5 Å². The molecule has 28 heavy (non-hydrogen) atoms. The predicted octanol–water partition coefficient (Wildman–Crippen LogP) is 6.11. The standard InChI is InChI=1S/C18H12Cl3N5O2/c1-28-15-7-10(24-18(27)14-4-2-3-5-23-14)6-11(19)17(15)26-25-16-12(20)8-22-9-13(16)21/h2-9H,1H3,(H,24,27)/b26-25-. The fourth-order valence-corrected chi connectivity index (χ4v) is 2.88. The molecule has 3 aromatic rings. The molecule has 0 aliphatic rings. The second-order valence-corrected chi connectivity index (χ2v) is 6.55. The van der Waals surface area contributed by atoms with Crippen molar-refractivity contribution in [2.75, 3.05) is 12.4 Å². The molecule has 0 aliphatic carbocycles. The van der Waals surface area contributed by atoms with Crippen molar-refractivity contribution < 1.29 is 9.53 Å². The number of nitrogens with zero attached hydrogens (tertiary/aromatic N) is 4. The Labute approximate surface area is 175 Å². The van der Waals surface area contributed by atoms with Crippen molar-refractivity contribution in [2.24, 2.45) is 10.2 Å². The van der Waals surface area contributed by atoms with Gasteiger partial charge in [-0.3, -0.25) is 14.8 Å². The number of carbonyl (C=O) groups is 1. The molecule has 0 bridgehead atoms. The molecule has 1 N–H and O–H groups in total. The summed E-state index contributed by atoms with van der Waals surface area (Å²) in [4.78, 5) is 20.1. The minimum atomic E-state index is -0.386. The molecule has 7 nitrogen and oxygen atoms in total. The molecular formula is C18H12Cl3N5O2.